The number of carbonyl (C=O) groups excluding carboxylic acids is 2. The first-order chi connectivity index (χ1) is 14.0. The number of rotatable bonds is 7. The van der Waals surface area contributed by atoms with E-state index in [0.29, 0.717) is 45.7 Å². The van der Waals surface area contributed by atoms with Crippen LogP contribution in [-0.2, 0) is 22.6 Å². The predicted molar refractivity (Wildman–Crippen MR) is 113 cm³/mol. The molecular weight excluding hydrogens is 366 g/mol. The normalized spacial score (nSPS) is 14.5. The summed E-state index contributed by atoms with van der Waals surface area (Å²) in [6.45, 7) is 5.59. The number of nitrogens with one attached hydrogen (secondary N) is 1. The molecule has 0 unspecified atom stereocenters. The summed E-state index contributed by atoms with van der Waals surface area (Å²) >= 11 is 0. The zero-order valence-electron chi connectivity index (χ0n) is 17.2. The van der Waals surface area contributed by atoms with E-state index in [1.807, 2.05) is 60.4 Å². The first-order valence-corrected chi connectivity index (χ1v) is 9.99. The van der Waals surface area contributed by atoms with Crippen LogP contribution in [-0.4, -0.2) is 61.4 Å². The monoisotopic (exact) mass is 395 g/mol. The number of hydrogen-bond donors (Lipinski definition) is 1. The number of methoxy groups -OCH3 is 1. The lowest BCUT2D eigenvalue weighted by Gasteiger charge is -2.34. The molecule has 1 N–H and O–H groups in total. The molecule has 2 aromatic carbocycles. The second kappa shape index (κ2) is 10.1. The largest absolute Gasteiger partial charge is 0.496 e. The number of piperazine rings is 1. The van der Waals surface area contributed by atoms with Gasteiger partial charge < -0.3 is 15.0 Å². The first-order valence-electron chi connectivity index (χ1n) is 9.99. The van der Waals surface area contributed by atoms with Gasteiger partial charge in [-0.1, -0.05) is 48.0 Å². The molecular formula is C23H29N3O3. The third kappa shape index (κ3) is 6.06. The molecule has 0 aliphatic carbocycles. The highest BCUT2D eigenvalue weighted by Gasteiger charge is 2.23. The average molecular weight is 396 g/mol. The summed E-state index contributed by atoms with van der Waals surface area (Å²) in [4.78, 5) is 28.9. The molecule has 0 saturated carbocycles. The summed E-state index contributed by atoms with van der Waals surface area (Å²) in [6, 6.07) is 15.8. The Kier molecular flexibility index (Phi) is 7.25. The average Bonchev–Trinajstić information content (AvgIpc) is 2.74. The van der Waals surface area contributed by atoms with Gasteiger partial charge in [-0.3, -0.25) is 14.5 Å². The van der Waals surface area contributed by atoms with Gasteiger partial charge in [0.1, 0.15) is 5.75 Å². The van der Waals surface area contributed by atoms with Crippen molar-refractivity contribution in [1.29, 1.82) is 0 Å². The van der Waals surface area contributed by atoms with Gasteiger partial charge in [-0.25, -0.2) is 0 Å². The maximum absolute atomic E-state index is 12.7. The minimum atomic E-state index is 0.0122. The van der Waals surface area contributed by atoms with Crippen LogP contribution in [0.25, 0.3) is 0 Å². The van der Waals surface area contributed by atoms with Crippen molar-refractivity contribution >= 4 is 11.8 Å². The smallest absolute Gasteiger partial charge is 0.234 e. The first kappa shape index (κ1) is 20.9. The zero-order valence-corrected chi connectivity index (χ0v) is 17.2. The molecule has 1 heterocycles. The van der Waals surface area contributed by atoms with Crippen LogP contribution in [0.2, 0.25) is 0 Å². The van der Waals surface area contributed by atoms with Crippen LogP contribution >= 0.6 is 0 Å². The van der Waals surface area contributed by atoms with Crippen molar-refractivity contribution in [2.75, 3.05) is 39.8 Å². The van der Waals surface area contributed by atoms with E-state index < -0.39 is 0 Å². The molecule has 0 radical (unpaired) electrons. The lowest BCUT2D eigenvalue weighted by molar-refractivity contribution is -0.132. The molecule has 1 aliphatic rings. The summed E-state index contributed by atoms with van der Waals surface area (Å²) in [5.41, 5.74) is 3.11. The molecule has 6 heteroatoms. The van der Waals surface area contributed by atoms with E-state index in [2.05, 4.69) is 10.2 Å². The van der Waals surface area contributed by atoms with Gasteiger partial charge in [0.15, 0.2) is 0 Å². The quantitative estimate of drug-likeness (QED) is 0.779. The Morgan fingerprint density at radius 3 is 2.45 bits per heavy atom. The second-order valence-electron chi connectivity index (χ2n) is 7.41. The highest BCUT2D eigenvalue weighted by molar-refractivity contribution is 5.80. The van der Waals surface area contributed by atoms with Crippen molar-refractivity contribution < 1.29 is 14.3 Å². The standard InChI is InChI=1S/C23H29N3O3/c1-18-8-9-21(29-2)20(14-18)15-23(28)26-12-10-25(11-13-26)17-22(27)24-16-19-6-4-3-5-7-19/h3-9,14H,10-13,15-17H2,1-2H3,(H,24,27). The van der Waals surface area contributed by atoms with Crippen molar-refractivity contribution in [3.63, 3.8) is 0 Å². The Labute approximate surface area is 172 Å². The summed E-state index contributed by atoms with van der Waals surface area (Å²) in [7, 11) is 1.63. The molecule has 3 rings (SSSR count). The Balaban J connectivity index is 1.43. The van der Waals surface area contributed by atoms with Gasteiger partial charge in [-0.05, 0) is 18.6 Å². The van der Waals surface area contributed by atoms with Crippen LogP contribution in [0, 0.1) is 6.92 Å². The van der Waals surface area contributed by atoms with Crippen LogP contribution in [0.5, 0.6) is 5.75 Å². The highest BCUT2D eigenvalue weighted by atomic mass is 16.5. The van der Waals surface area contributed by atoms with E-state index in [1.165, 1.54) is 0 Å². The van der Waals surface area contributed by atoms with Crippen molar-refractivity contribution in [2.45, 2.75) is 19.9 Å². The molecule has 1 saturated heterocycles. The van der Waals surface area contributed by atoms with E-state index in [9.17, 15) is 9.59 Å². The van der Waals surface area contributed by atoms with Gasteiger partial charge in [0.25, 0.3) is 0 Å². The Morgan fingerprint density at radius 1 is 1.03 bits per heavy atom. The number of carbonyl (C=O) groups is 2. The Morgan fingerprint density at radius 2 is 1.76 bits per heavy atom. The van der Waals surface area contributed by atoms with Gasteiger partial charge in [-0.2, -0.15) is 0 Å². The third-order valence-electron chi connectivity index (χ3n) is 5.20. The van der Waals surface area contributed by atoms with Gasteiger partial charge >= 0.3 is 0 Å². The lowest BCUT2D eigenvalue weighted by atomic mass is 10.1. The van der Waals surface area contributed by atoms with Crippen molar-refractivity contribution in [2.24, 2.45) is 0 Å². The molecule has 154 valence electrons. The minimum absolute atomic E-state index is 0.0122. The fraction of sp³-hybridized carbons (Fsp3) is 0.391. The molecule has 2 aromatic rings. The molecule has 29 heavy (non-hydrogen) atoms. The molecule has 2 amide bonds. The van der Waals surface area contributed by atoms with E-state index in [1.54, 1.807) is 7.11 Å². The summed E-state index contributed by atoms with van der Waals surface area (Å²) < 4.78 is 5.38. The second-order valence-corrected chi connectivity index (χ2v) is 7.41. The fourth-order valence-electron chi connectivity index (χ4n) is 3.53. The zero-order chi connectivity index (χ0) is 20.6. The lowest BCUT2D eigenvalue weighted by Crippen LogP contribution is -2.51. The number of nitrogens with zero attached hydrogens (tertiary/aromatic N) is 2. The van der Waals surface area contributed by atoms with Crippen LogP contribution in [0.4, 0.5) is 0 Å². The fourth-order valence-corrected chi connectivity index (χ4v) is 3.53. The SMILES string of the molecule is COc1ccc(C)cc1CC(=O)N1CCN(CC(=O)NCc2ccccc2)CC1. The summed E-state index contributed by atoms with van der Waals surface area (Å²) in [5.74, 6) is 0.859. The summed E-state index contributed by atoms with van der Waals surface area (Å²) in [5, 5.41) is 2.96. The van der Waals surface area contributed by atoms with E-state index in [0.717, 1.165) is 22.4 Å². The molecule has 0 aromatic heterocycles. The molecule has 6 nitrogen and oxygen atoms in total. The van der Waals surface area contributed by atoms with Crippen molar-refractivity contribution in [1.82, 2.24) is 15.1 Å². The summed E-state index contributed by atoms with van der Waals surface area (Å²) in [6.07, 6.45) is 0.336. The maximum atomic E-state index is 12.7. The number of aryl methyl sites for hydroxylation is 1. The topological polar surface area (TPSA) is 61.9 Å². The predicted octanol–water partition coefficient (Wildman–Crippen LogP) is 2.01. The van der Waals surface area contributed by atoms with Crippen LogP contribution < -0.4 is 10.1 Å². The van der Waals surface area contributed by atoms with E-state index in [-0.39, 0.29) is 11.8 Å². The molecule has 1 aliphatic heterocycles. The minimum Gasteiger partial charge on any atom is -0.496 e. The Hall–Kier alpha value is -2.86. The van der Waals surface area contributed by atoms with Crippen LogP contribution in [0.15, 0.2) is 48.5 Å². The highest BCUT2D eigenvalue weighted by Crippen LogP contribution is 2.21. The molecule has 1 fully saturated rings. The van der Waals surface area contributed by atoms with Gasteiger partial charge in [-0.15, -0.1) is 0 Å². The van der Waals surface area contributed by atoms with Gasteiger partial charge in [0, 0.05) is 38.3 Å². The number of amides is 2. The number of ether oxygens (including phenoxy) is 1. The maximum Gasteiger partial charge on any atom is 0.234 e. The van der Waals surface area contributed by atoms with Crippen molar-refractivity contribution in [3.8, 4) is 5.75 Å². The number of benzene rings is 2. The van der Waals surface area contributed by atoms with Gasteiger partial charge in [0.05, 0.1) is 20.1 Å². The van der Waals surface area contributed by atoms with E-state index in [4.69, 9.17) is 4.74 Å². The third-order valence-corrected chi connectivity index (χ3v) is 5.20. The molecule has 0 bridgehead atoms. The van der Waals surface area contributed by atoms with E-state index >= 15 is 0 Å². The molecule has 0 atom stereocenters. The Bertz CT molecular complexity index is 831. The van der Waals surface area contributed by atoms with Crippen LogP contribution in [0.1, 0.15) is 16.7 Å². The van der Waals surface area contributed by atoms with Crippen LogP contribution in [0.3, 0.4) is 0 Å². The van der Waals surface area contributed by atoms with Gasteiger partial charge in [0.2, 0.25) is 11.8 Å². The molecule has 0 spiro atoms. The number of hydrogen-bond acceptors (Lipinski definition) is 4. The van der Waals surface area contributed by atoms with Crippen molar-refractivity contribution in [3.05, 3.63) is 65.2 Å².